The molecule has 0 spiro atoms. The number of pyridine rings is 1. The van der Waals surface area contributed by atoms with Crippen LogP contribution in [0.2, 0.25) is 0 Å². The molecule has 0 aliphatic rings. The van der Waals surface area contributed by atoms with Crippen molar-refractivity contribution in [2.75, 3.05) is 12.3 Å². The molecule has 0 fully saturated rings. The second kappa shape index (κ2) is 8.56. The Morgan fingerprint density at radius 3 is 2.59 bits per heavy atom. The second-order valence-corrected chi connectivity index (χ2v) is 8.25. The van der Waals surface area contributed by atoms with Gasteiger partial charge >= 0.3 is 6.09 Å². The molecule has 2 rings (SSSR count). The Morgan fingerprint density at radius 2 is 1.96 bits per heavy atom. The van der Waals surface area contributed by atoms with Gasteiger partial charge in [-0.15, -0.1) is 11.8 Å². The molecule has 7 nitrogen and oxygen atoms in total. The van der Waals surface area contributed by atoms with E-state index in [2.05, 4.69) is 10.3 Å². The molecular weight excluding hydrogens is 368 g/mol. The molecule has 2 aromatic rings. The number of nitrogens with one attached hydrogen (secondary N) is 1. The first-order chi connectivity index (χ1) is 12.6. The smallest absolute Gasteiger partial charge is 0.407 e. The Hall–Kier alpha value is -2.35. The van der Waals surface area contributed by atoms with Gasteiger partial charge in [-0.1, -0.05) is 0 Å². The fourth-order valence-electron chi connectivity index (χ4n) is 2.27. The monoisotopic (exact) mass is 392 g/mol. The number of thioether (sulfide) groups is 1. The number of rotatable bonds is 7. The third kappa shape index (κ3) is 5.56. The van der Waals surface area contributed by atoms with E-state index in [1.54, 1.807) is 52.9 Å². The van der Waals surface area contributed by atoms with Crippen molar-refractivity contribution in [3.8, 4) is 16.9 Å². The van der Waals surface area contributed by atoms with Crippen LogP contribution in [-0.2, 0) is 4.74 Å². The fourth-order valence-corrected chi connectivity index (χ4v) is 3.13. The summed E-state index contributed by atoms with van der Waals surface area (Å²) >= 11 is 1.37. The van der Waals surface area contributed by atoms with Gasteiger partial charge in [0.2, 0.25) is 5.43 Å². The first kappa shape index (κ1) is 21.0. The summed E-state index contributed by atoms with van der Waals surface area (Å²) < 4.78 is 10.7. The van der Waals surface area contributed by atoms with E-state index in [9.17, 15) is 14.4 Å². The largest absolute Gasteiger partial charge is 0.486 e. The number of hydrogen-bond acceptors (Lipinski definition) is 7. The summed E-state index contributed by atoms with van der Waals surface area (Å²) in [5, 5.41) is 3.27. The summed E-state index contributed by atoms with van der Waals surface area (Å²) in [4.78, 5) is 39.8. The van der Waals surface area contributed by atoms with Gasteiger partial charge in [0, 0.05) is 24.1 Å². The van der Waals surface area contributed by atoms with Crippen LogP contribution in [0.25, 0.3) is 11.1 Å². The molecule has 1 aromatic carbocycles. The van der Waals surface area contributed by atoms with Gasteiger partial charge in [-0.05, 0) is 46.8 Å². The minimum atomic E-state index is -0.606. The number of amides is 1. The van der Waals surface area contributed by atoms with E-state index in [4.69, 9.17) is 9.47 Å². The minimum Gasteiger partial charge on any atom is -0.486 e. The Morgan fingerprint density at radius 1 is 1.26 bits per heavy atom. The molecule has 1 N–H and O–H groups in total. The molecule has 8 heteroatoms. The van der Waals surface area contributed by atoms with Gasteiger partial charge in [0.25, 0.3) is 5.43 Å². The molecule has 27 heavy (non-hydrogen) atoms. The van der Waals surface area contributed by atoms with Crippen LogP contribution in [0.15, 0.2) is 32.9 Å². The van der Waals surface area contributed by atoms with E-state index in [0.29, 0.717) is 22.9 Å². The van der Waals surface area contributed by atoms with E-state index in [0.717, 1.165) is 0 Å². The van der Waals surface area contributed by atoms with Gasteiger partial charge in [-0.3, -0.25) is 9.59 Å². The summed E-state index contributed by atoms with van der Waals surface area (Å²) in [6.07, 6.45) is 0.916. The quantitative estimate of drug-likeness (QED) is 0.440. The van der Waals surface area contributed by atoms with Crippen molar-refractivity contribution in [3.05, 3.63) is 38.8 Å². The summed E-state index contributed by atoms with van der Waals surface area (Å²) in [6, 6.07) is 3.44. The Labute approximate surface area is 162 Å². The Kier molecular flexibility index (Phi) is 6.64. The first-order valence-corrected chi connectivity index (χ1v) is 9.63. The van der Waals surface area contributed by atoms with Gasteiger partial charge in [-0.2, -0.15) is 0 Å². The number of carbonyl (C=O) groups excluding carboxylic acids is 1. The molecule has 0 bridgehead atoms. The van der Waals surface area contributed by atoms with Gasteiger partial charge in [0.15, 0.2) is 5.75 Å². The highest BCUT2D eigenvalue weighted by Crippen LogP contribution is 2.33. The maximum absolute atomic E-state index is 12.1. The molecular formula is C19H24N2O5S. The van der Waals surface area contributed by atoms with E-state index in [1.165, 1.54) is 11.8 Å². The van der Waals surface area contributed by atoms with Gasteiger partial charge < -0.3 is 14.8 Å². The lowest BCUT2D eigenvalue weighted by Gasteiger charge is -2.19. The summed E-state index contributed by atoms with van der Waals surface area (Å²) in [6.45, 7) is 9.34. The standard InChI is InChI=1S/C19H24N2O5S/c1-11(2)25-16-13(14(22)15(16)23)12-7-6-8-20-17(12)27-10-9-21-18(24)26-19(3,4)5/h6-8,11H,9-10H2,1-5H3,(H,21,24). The minimum absolute atomic E-state index is 0.0942. The summed E-state index contributed by atoms with van der Waals surface area (Å²) in [7, 11) is 0. The van der Waals surface area contributed by atoms with Crippen molar-refractivity contribution < 1.29 is 14.3 Å². The normalized spacial score (nSPS) is 11.6. The highest BCUT2D eigenvalue weighted by molar-refractivity contribution is 7.99. The molecule has 0 saturated heterocycles. The average molecular weight is 392 g/mol. The molecule has 0 aliphatic carbocycles. The zero-order chi connectivity index (χ0) is 20.2. The molecule has 146 valence electrons. The summed E-state index contributed by atoms with van der Waals surface area (Å²) in [5.74, 6) is 0.621. The summed E-state index contributed by atoms with van der Waals surface area (Å²) in [5.41, 5.74) is -0.885. The molecule has 0 unspecified atom stereocenters. The van der Waals surface area contributed by atoms with Crippen LogP contribution < -0.4 is 20.9 Å². The highest BCUT2D eigenvalue weighted by Gasteiger charge is 2.27. The van der Waals surface area contributed by atoms with Crippen LogP contribution in [0.3, 0.4) is 0 Å². The van der Waals surface area contributed by atoms with Crippen molar-refractivity contribution in [1.29, 1.82) is 0 Å². The maximum atomic E-state index is 12.1. The SMILES string of the molecule is CC(C)Oc1c(-c2cccnc2SCCNC(=O)OC(C)(C)C)c(=O)c1=O. The fraction of sp³-hybridized carbons (Fsp3) is 0.474. The second-order valence-electron chi connectivity index (χ2n) is 7.16. The molecule has 1 aromatic heterocycles. The van der Waals surface area contributed by atoms with Crippen LogP contribution in [0.1, 0.15) is 34.6 Å². The highest BCUT2D eigenvalue weighted by atomic mass is 32.2. The topological polar surface area (TPSA) is 94.6 Å². The van der Waals surface area contributed by atoms with Crippen molar-refractivity contribution in [1.82, 2.24) is 10.3 Å². The number of hydrogen-bond donors (Lipinski definition) is 1. The third-order valence-electron chi connectivity index (χ3n) is 3.27. The molecule has 0 radical (unpaired) electrons. The van der Waals surface area contributed by atoms with E-state index in [-0.39, 0.29) is 17.4 Å². The molecule has 0 atom stereocenters. The van der Waals surface area contributed by atoms with Gasteiger partial charge in [-0.25, -0.2) is 9.78 Å². The zero-order valence-corrected chi connectivity index (χ0v) is 16.9. The molecule has 0 aliphatic heterocycles. The number of nitrogens with zero attached hydrogens (tertiary/aromatic N) is 1. The van der Waals surface area contributed by atoms with Crippen molar-refractivity contribution in [2.45, 2.75) is 51.3 Å². The zero-order valence-electron chi connectivity index (χ0n) is 16.1. The first-order valence-electron chi connectivity index (χ1n) is 8.65. The van der Waals surface area contributed by atoms with Gasteiger partial charge in [0.05, 0.1) is 11.7 Å². The maximum Gasteiger partial charge on any atom is 0.407 e. The van der Waals surface area contributed by atoms with Crippen LogP contribution in [0, 0.1) is 0 Å². The Bertz CT molecular complexity index is 879. The van der Waals surface area contributed by atoms with Crippen LogP contribution >= 0.6 is 11.8 Å². The van der Waals surface area contributed by atoms with Crippen molar-refractivity contribution in [2.24, 2.45) is 0 Å². The number of carbonyl (C=O) groups is 1. The molecule has 1 heterocycles. The third-order valence-corrected chi connectivity index (χ3v) is 4.28. The number of alkyl carbamates (subject to hydrolysis) is 1. The molecule has 0 saturated carbocycles. The lowest BCUT2D eigenvalue weighted by Crippen LogP contribution is -2.36. The van der Waals surface area contributed by atoms with Gasteiger partial charge in [0.1, 0.15) is 10.6 Å². The predicted octanol–water partition coefficient (Wildman–Crippen LogP) is 2.75. The predicted molar refractivity (Wildman–Crippen MR) is 105 cm³/mol. The van der Waals surface area contributed by atoms with Crippen LogP contribution in [0.4, 0.5) is 4.79 Å². The molecule has 1 amide bonds. The average Bonchev–Trinajstić information content (AvgIpc) is 2.57. The number of ether oxygens (including phenoxy) is 2. The van der Waals surface area contributed by atoms with Crippen LogP contribution in [0.5, 0.6) is 5.75 Å². The Balaban J connectivity index is 2.05. The van der Waals surface area contributed by atoms with Crippen molar-refractivity contribution in [3.63, 3.8) is 0 Å². The number of aromatic nitrogens is 1. The lowest BCUT2D eigenvalue weighted by molar-refractivity contribution is 0.0531. The van der Waals surface area contributed by atoms with E-state index in [1.807, 2.05) is 0 Å². The van der Waals surface area contributed by atoms with Crippen LogP contribution in [-0.4, -0.2) is 35.1 Å². The van der Waals surface area contributed by atoms with E-state index >= 15 is 0 Å². The van der Waals surface area contributed by atoms with E-state index < -0.39 is 22.6 Å². The lowest BCUT2D eigenvalue weighted by atomic mass is 10.0. The van der Waals surface area contributed by atoms with Crippen molar-refractivity contribution >= 4 is 17.9 Å².